The second-order valence-corrected chi connectivity index (χ2v) is 5.05. The van der Waals surface area contributed by atoms with Gasteiger partial charge in [-0.1, -0.05) is 18.2 Å². The van der Waals surface area contributed by atoms with Crippen LogP contribution in [-0.4, -0.2) is 20.9 Å². The second kappa shape index (κ2) is 4.81. The van der Waals surface area contributed by atoms with Gasteiger partial charge in [-0.25, -0.2) is 4.79 Å². The van der Waals surface area contributed by atoms with E-state index >= 15 is 0 Å². The summed E-state index contributed by atoms with van der Waals surface area (Å²) in [5, 5.41) is 9.71. The molecule has 0 heterocycles. The Bertz CT molecular complexity index is 643. The molecule has 0 spiro atoms. The maximum atomic E-state index is 13.4. The highest BCUT2D eigenvalue weighted by molar-refractivity contribution is 7.46. The molecule has 2 rings (SSSR count). The SMILES string of the molecule is O=C(O)c1ccc2cc(C(F)(F)P(O)O)ccc2c1. The van der Waals surface area contributed by atoms with Crippen molar-refractivity contribution in [3.8, 4) is 0 Å². The average Bonchev–Trinajstić information content (AvgIpc) is 2.37. The molecule has 19 heavy (non-hydrogen) atoms. The van der Waals surface area contributed by atoms with Gasteiger partial charge in [-0.2, -0.15) is 8.78 Å². The number of carboxylic acid groups (broad SMARTS) is 1. The predicted octanol–water partition coefficient (Wildman–Crippen LogP) is 2.88. The van der Waals surface area contributed by atoms with E-state index in [9.17, 15) is 13.6 Å². The van der Waals surface area contributed by atoms with E-state index in [0.717, 1.165) is 12.1 Å². The van der Waals surface area contributed by atoms with Crippen LogP contribution in [0, 0.1) is 0 Å². The number of aromatic carboxylic acids is 1. The fourth-order valence-corrected chi connectivity index (χ4v) is 2.05. The molecule has 0 saturated heterocycles. The molecule has 2 aromatic carbocycles. The van der Waals surface area contributed by atoms with Crippen LogP contribution in [0.5, 0.6) is 0 Å². The lowest BCUT2D eigenvalue weighted by atomic mass is 10.0. The predicted molar refractivity (Wildman–Crippen MR) is 66.2 cm³/mol. The van der Waals surface area contributed by atoms with Gasteiger partial charge in [0, 0.05) is 5.56 Å². The molecule has 0 aliphatic carbocycles. The van der Waals surface area contributed by atoms with Crippen molar-refractivity contribution in [2.45, 2.75) is 5.66 Å². The van der Waals surface area contributed by atoms with Crippen molar-refractivity contribution in [3.63, 3.8) is 0 Å². The highest BCUT2D eigenvalue weighted by Crippen LogP contribution is 2.52. The van der Waals surface area contributed by atoms with Crippen molar-refractivity contribution in [2.75, 3.05) is 0 Å². The molecule has 0 atom stereocenters. The summed E-state index contributed by atoms with van der Waals surface area (Å²) in [4.78, 5) is 28.2. The van der Waals surface area contributed by atoms with Crippen LogP contribution in [-0.2, 0) is 5.66 Å². The minimum absolute atomic E-state index is 0.0542. The Kier molecular flexibility index (Phi) is 3.49. The molecule has 3 N–H and O–H groups in total. The van der Waals surface area contributed by atoms with E-state index in [-0.39, 0.29) is 5.56 Å². The number of alkyl halides is 2. The van der Waals surface area contributed by atoms with Gasteiger partial charge in [-0.05, 0) is 29.0 Å². The first-order valence-corrected chi connectivity index (χ1v) is 6.40. The van der Waals surface area contributed by atoms with Crippen molar-refractivity contribution < 1.29 is 28.5 Å². The molecule has 0 radical (unpaired) electrons. The van der Waals surface area contributed by atoms with E-state index in [0.29, 0.717) is 10.8 Å². The number of carboxylic acids is 1. The Labute approximate surface area is 107 Å². The summed E-state index contributed by atoms with van der Waals surface area (Å²) in [6, 6.07) is 7.55. The van der Waals surface area contributed by atoms with Gasteiger partial charge in [0.2, 0.25) is 8.38 Å². The lowest BCUT2D eigenvalue weighted by Gasteiger charge is -2.17. The van der Waals surface area contributed by atoms with Gasteiger partial charge >= 0.3 is 11.6 Å². The summed E-state index contributed by atoms with van der Waals surface area (Å²) in [7, 11) is -3.42. The topological polar surface area (TPSA) is 77.8 Å². The molecule has 4 nitrogen and oxygen atoms in total. The fourth-order valence-electron chi connectivity index (χ4n) is 1.68. The minimum Gasteiger partial charge on any atom is -0.478 e. The zero-order valence-corrected chi connectivity index (χ0v) is 10.3. The van der Waals surface area contributed by atoms with E-state index in [1.54, 1.807) is 0 Å². The molecular formula is C12H9F2O4P. The second-order valence-electron chi connectivity index (χ2n) is 3.91. The van der Waals surface area contributed by atoms with Crippen molar-refractivity contribution in [1.82, 2.24) is 0 Å². The van der Waals surface area contributed by atoms with E-state index in [4.69, 9.17) is 14.9 Å². The van der Waals surface area contributed by atoms with Crippen LogP contribution >= 0.6 is 8.38 Å². The number of rotatable bonds is 3. The average molecular weight is 286 g/mol. The van der Waals surface area contributed by atoms with Gasteiger partial charge in [0.1, 0.15) is 0 Å². The molecule has 0 aliphatic heterocycles. The maximum Gasteiger partial charge on any atom is 0.339 e. The van der Waals surface area contributed by atoms with E-state index in [1.165, 1.54) is 24.3 Å². The van der Waals surface area contributed by atoms with E-state index in [2.05, 4.69) is 0 Å². The number of halogens is 2. The molecule has 7 heteroatoms. The number of fused-ring (bicyclic) bond motifs is 1. The largest absolute Gasteiger partial charge is 0.478 e. The molecule has 0 unspecified atom stereocenters. The number of hydrogen-bond acceptors (Lipinski definition) is 3. The Balaban J connectivity index is 2.54. The van der Waals surface area contributed by atoms with Crippen LogP contribution in [0.15, 0.2) is 36.4 Å². The molecule has 0 fully saturated rings. The van der Waals surface area contributed by atoms with Crippen LogP contribution in [0.3, 0.4) is 0 Å². The summed E-state index contributed by atoms with van der Waals surface area (Å²) in [6.07, 6.45) is 0. The Morgan fingerprint density at radius 2 is 1.63 bits per heavy atom. The third kappa shape index (κ3) is 2.56. The lowest BCUT2D eigenvalue weighted by Crippen LogP contribution is -2.10. The first-order valence-electron chi connectivity index (χ1n) is 5.16. The maximum absolute atomic E-state index is 13.4. The molecule has 2 aromatic rings. The minimum atomic E-state index is -3.71. The number of benzene rings is 2. The van der Waals surface area contributed by atoms with Gasteiger partial charge < -0.3 is 14.9 Å². The number of carbonyl (C=O) groups is 1. The summed E-state index contributed by atoms with van der Waals surface area (Å²) >= 11 is 0. The summed E-state index contributed by atoms with van der Waals surface area (Å²) in [6.45, 7) is 0. The standard InChI is InChI=1S/C12H9F2O4P/c13-12(14,19(17)18)10-4-3-7-5-9(11(15)16)2-1-8(7)6-10/h1-6,17-18H,(H,15,16). The highest BCUT2D eigenvalue weighted by Gasteiger charge is 2.40. The quantitative estimate of drug-likeness (QED) is 0.758. The molecule has 0 aromatic heterocycles. The zero-order valence-electron chi connectivity index (χ0n) is 9.42. The van der Waals surface area contributed by atoms with Crippen LogP contribution in [0.4, 0.5) is 8.78 Å². The van der Waals surface area contributed by atoms with Crippen molar-refractivity contribution in [1.29, 1.82) is 0 Å². The van der Waals surface area contributed by atoms with E-state index < -0.39 is 25.6 Å². The van der Waals surface area contributed by atoms with Crippen molar-refractivity contribution >= 4 is 25.1 Å². The normalized spacial score (nSPS) is 12.1. The van der Waals surface area contributed by atoms with Crippen LogP contribution in [0.1, 0.15) is 15.9 Å². The van der Waals surface area contributed by atoms with Gasteiger partial charge in [0.15, 0.2) is 0 Å². The first kappa shape index (κ1) is 13.8. The van der Waals surface area contributed by atoms with Gasteiger partial charge in [-0.15, -0.1) is 0 Å². The van der Waals surface area contributed by atoms with Crippen LogP contribution < -0.4 is 0 Å². The molecular weight excluding hydrogens is 277 g/mol. The smallest absolute Gasteiger partial charge is 0.339 e. The molecule has 0 bridgehead atoms. The van der Waals surface area contributed by atoms with Gasteiger partial charge in [0.25, 0.3) is 0 Å². The third-order valence-corrected chi connectivity index (χ3v) is 3.45. The summed E-state index contributed by atoms with van der Waals surface area (Å²) in [5.41, 5.74) is -4.17. The van der Waals surface area contributed by atoms with E-state index in [1.807, 2.05) is 0 Å². The fraction of sp³-hybridized carbons (Fsp3) is 0.0833. The van der Waals surface area contributed by atoms with Crippen molar-refractivity contribution in [2.24, 2.45) is 0 Å². The summed E-state index contributed by atoms with van der Waals surface area (Å²) < 4.78 is 26.9. The monoisotopic (exact) mass is 286 g/mol. The molecule has 0 amide bonds. The summed E-state index contributed by atoms with van der Waals surface area (Å²) in [5.74, 6) is -1.11. The van der Waals surface area contributed by atoms with Crippen LogP contribution in [0.25, 0.3) is 10.8 Å². The van der Waals surface area contributed by atoms with Gasteiger partial charge in [-0.3, -0.25) is 0 Å². The van der Waals surface area contributed by atoms with Gasteiger partial charge in [0.05, 0.1) is 5.56 Å². The molecule has 0 saturated carbocycles. The Hall–Kier alpha value is -1.62. The highest BCUT2D eigenvalue weighted by atomic mass is 31.2. The number of hydrogen-bond donors (Lipinski definition) is 3. The molecule has 100 valence electrons. The first-order chi connectivity index (χ1) is 8.82. The molecule has 0 aliphatic rings. The van der Waals surface area contributed by atoms with Crippen LogP contribution in [0.2, 0.25) is 0 Å². The third-order valence-electron chi connectivity index (χ3n) is 2.69. The van der Waals surface area contributed by atoms with Crippen molar-refractivity contribution in [3.05, 3.63) is 47.5 Å². The Morgan fingerprint density at radius 3 is 2.21 bits per heavy atom. The Morgan fingerprint density at radius 1 is 1.05 bits per heavy atom. The lowest BCUT2D eigenvalue weighted by molar-refractivity contribution is 0.0696. The zero-order chi connectivity index (χ0) is 14.2.